The van der Waals surface area contributed by atoms with E-state index in [2.05, 4.69) is 15.0 Å². The summed E-state index contributed by atoms with van der Waals surface area (Å²) in [7, 11) is 0. The monoisotopic (exact) mass is 585 g/mol. The van der Waals surface area contributed by atoms with Crippen LogP contribution in [0.15, 0.2) is 41.5 Å². The van der Waals surface area contributed by atoms with Gasteiger partial charge in [0.25, 0.3) is 0 Å². The van der Waals surface area contributed by atoms with Crippen LogP contribution in [0, 0.1) is 5.82 Å². The number of piperazine rings is 1. The van der Waals surface area contributed by atoms with Gasteiger partial charge in [-0.2, -0.15) is 4.98 Å². The van der Waals surface area contributed by atoms with Crippen LogP contribution in [-0.2, 0) is 0 Å². The lowest BCUT2D eigenvalue weighted by atomic mass is 10.1. The Morgan fingerprint density at radius 2 is 1.82 bits per heavy atom. The first kappa shape index (κ1) is 27.7. The van der Waals surface area contributed by atoms with Crippen molar-refractivity contribution in [3.8, 4) is 16.9 Å². The van der Waals surface area contributed by atoms with E-state index in [4.69, 9.17) is 28.2 Å². The van der Waals surface area contributed by atoms with Crippen LogP contribution in [0.25, 0.3) is 28.0 Å². The fourth-order valence-electron chi connectivity index (χ4n) is 5.06. The Bertz CT molecular complexity index is 1700. The molecule has 0 aliphatic carbocycles. The molecule has 4 aromatic rings. The van der Waals surface area contributed by atoms with Crippen molar-refractivity contribution >= 4 is 46.1 Å². The zero-order chi connectivity index (χ0) is 28.9. The number of carboxylic acid groups (broad SMARTS) is 1. The predicted molar refractivity (Wildman–Crippen MR) is 151 cm³/mol. The second-order valence-corrected chi connectivity index (χ2v) is 10.8. The highest BCUT2D eigenvalue weighted by atomic mass is 35.5. The first-order chi connectivity index (χ1) is 19.0. The summed E-state index contributed by atoms with van der Waals surface area (Å²) in [4.78, 5) is 46.4. The Balaban J connectivity index is 1.85. The highest BCUT2D eigenvalue weighted by Gasteiger charge is 2.35. The molecule has 208 valence electrons. The first-order valence-corrected chi connectivity index (χ1v) is 13.4. The van der Waals surface area contributed by atoms with Gasteiger partial charge in [0, 0.05) is 30.7 Å². The molecule has 1 fully saturated rings. The molecule has 0 spiro atoms. The molecule has 1 amide bonds. The van der Waals surface area contributed by atoms with E-state index in [9.17, 15) is 19.1 Å². The number of carbonyl (C=O) groups is 1. The zero-order valence-electron chi connectivity index (χ0n) is 22.1. The summed E-state index contributed by atoms with van der Waals surface area (Å²) in [6, 6.07) is 6.96. The van der Waals surface area contributed by atoms with Crippen molar-refractivity contribution in [2.45, 2.75) is 45.7 Å². The van der Waals surface area contributed by atoms with Gasteiger partial charge in [-0.3, -0.25) is 0 Å². The molecule has 1 aliphatic rings. The van der Waals surface area contributed by atoms with Gasteiger partial charge in [0.1, 0.15) is 23.6 Å². The summed E-state index contributed by atoms with van der Waals surface area (Å²) >= 11 is 13.2. The number of anilines is 1. The maximum atomic E-state index is 14.9. The van der Waals surface area contributed by atoms with Crippen molar-refractivity contribution in [3.05, 3.63) is 68.8 Å². The normalized spacial score (nSPS) is 17.6. The van der Waals surface area contributed by atoms with Gasteiger partial charge in [0.05, 0.1) is 21.8 Å². The topological polar surface area (TPSA) is 117 Å². The van der Waals surface area contributed by atoms with E-state index in [-0.39, 0.29) is 69.7 Å². The smallest absolute Gasteiger partial charge is 0.407 e. The average Bonchev–Trinajstić information content (AvgIpc) is 2.90. The van der Waals surface area contributed by atoms with Crippen molar-refractivity contribution in [1.82, 2.24) is 29.4 Å². The van der Waals surface area contributed by atoms with Gasteiger partial charge in [-0.15, -0.1) is 0 Å². The maximum absolute atomic E-state index is 14.9. The quantitative estimate of drug-likeness (QED) is 0.317. The Morgan fingerprint density at radius 1 is 1.10 bits per heavy atom. The van der Waals surface area contributed by atoms with Crippen molar-refractivity contribution in [1.29, 1.82) is 0 Å². The third-order valence-electron chi connectivity index (χ3n) is 7.01. The van der Waals surface area contributed by atoms with Gasteiger partial charge in [0.2, 0.25) is 0 Å². The third kappa shape index (κ3) is 4.73. The third-order valence-corrected chi connectivity index (χ3v) is 7.58. The molecule has 1 N–H and O–H groups in total. The van der Waals surface area contributed by atoms with Crippen molar-refractivity contribution in [2.75, 3.05) is 18.0 Å². The lowest BCUT2D eigenvalue weighted by Crippen LogP contribution is -2.58. The van der Waals surface area contributed by atoms with Crippen LogP contribution in [0.1, 0.15) is 39.3 Å². The number of halogens is 3. The fourth-order valence-corrected chi connectivity index (χ4v) is 5.53. The summed E-state index contributed by atoms with van der Waals surface area (Å²) in [6.07, 6.45) is 0.294. The molecule has 2 atom stereocenters. The summed E-state index contributed by atoms with van der Waals surface area (Å²) in [6.45, 7) is 7.91. The molecule has 5 rings (SSSR count). The second kappa shape index (κ2) is 10.6. The van der Waals surface area contributed by atoms with E-state index in [0.717, 1.165) is 0 Å². The molecular formula is C27H26Cl2FN7O3. The summed E-state index contributed by atoms with van der Waals surface area (Å²) < 4.78 is 16.1. The van der Waals surface area contributed by atoms with Crippen LogP contribution < -0.4 is 10.6 Å². The molecule has 0 unspecified atom stereocenters. The Morgan fingerprint density at radius 3 is 2.50 bits per heavy atom. The van der Waals surface area contributed by atoms with Gasteiger partial charge in [-0.25, -0.2) is 33.5 Å². The van der Waals surface area contributed by atoms with E-state index >= 15 is 0 Å². The molecule has 1 aromatic carbocycles. The number of benzene rings is 1. The fraction of sp³-hybridized carbons (Fsp3) is 0.333. The molecule has 0 radical (unpaired) electrons. The lowest BCUT2D eigenvalue weighted by molar-refractivity contribution is 0.114. The molecule has 4 heterocycles. The van der Waals surface area contributed by atoms with E-state index in [0.29, 0.717) is 11.1 Å². The predicted octanol–water partition coefficient (Wildman–Crippen LogP) is 5.38. The molecule has 0 saturated carbocycles. The van der Waals surface area contributed by atoms with E-state index < -0.39 is 17.6 Å². The number of rotatable bonds is 4. The SMILES string of the molecule is CC(C)c1ncnc(Cl)c1-n1c(=O)nc(N2C[C@@H](C)N(C(=O)O)C[C@@H]2C)c2cc(Cl)c(-c3ccccc3F)nc21. The summed E-state index contributed by atoms with van der Waals surface area (Å²) in [5.41, 5.74) is 0.448. The summed E-state index contributed by atoms with van der Waals surface area (Å²) in [5.74, 6) is -0.384. The molecule has 40 heavy (non-hydrogen) atoms. The maximum Gasteiger partial charge on any atom is 0.407 e. The number of pyridine rings is 1. The van der Waals surface area contributed by atoms with Crippen LogP contribution >= 0.6 is 23.2 Å². The minimum Gasteiger partial charge on any atom is -0.465 e. The van der Waals surface area contributed by atoms with Gasteiger partial charge in [0.15, 0.2) is 10.8 Å². The van der Waals surface area contributed by atoms with Crippen LogP contribution in [0.5, 0.6) is 0 Å². The Kier molecular flexibility index (Phi) is 7.36. The number of fused-ring (bicyclic) bond motifs is 1. The minimum absolute atomic E-state index is 0.0258. The van der Waals surface area contributed by atoms with Crippen LogP contribution in [0.2, 0.25) is 10.2 Å². The highest BCUT2D eigenvalue weighted by Crippen LogP contribution is 2.36. The molecule has 1 saturated heterocycles. The second-order valence-electron chi connectivity index (χ2n) is 10.1. The first-order valence-electron chi connectivity index (χ1n) is 12.6. The molecular weight excluding hydrogens is 560 g/mol. The van der Waals surface area contributed by atoms with E-state index in [1.54, 1.807) is 31.2 Å². The summed E-state index contributed by atoms with van der Waals surface area (Å²) in [5, 5.41) is 10.2. The van der Waals surface area contributed by atoms with Crippen LogP contribution in [0.4, 0.5) is 15.0 Å². The molecule has 0 bridgehead atoms. The minimum atomic E-state index is -1.02. The number of hydrogen-bond donors (Lipinski definition) is 1. The van der Waals surface area contributed by atoms with Gasteiger partial charge in [-0.1, -0.05) is 49.2 Å². The zero-order valence-corrected chi connectivity index (χ0v) is 23.7. The van der Waals surface area contributed by atoms with Crippen molar-refractivity contribution in [2.24, 2.45) is 0 Å². The highest BCUT2D eigenvalue weighted by molar-refractivity contribution is 6.34. The molecule has 3 aromatic heterocycles. The Hall–Kier alpha value is -3.83. The standard InChI is InChI=1S/C27H26Cl2FN7O3/c1-13(2)20-22(23(29)32-12-31-20)37-25-17(9-18(28)21(33-25)16-7-5-6-8-19(16)30)24(34-26(37)38)35-10-15(4)36(27(39)40)11-14(35)3/h5-9,12-15H,10-11H2,1-4H3,(H,39,40)/t14-,15+/m0/s1. The van der Waals surface area contributed by atoms with Crippen molar-refractivity contribution < 1.29 is 14.3 Å². The van der Waals surface area contributed by atoms with Gasteiger partial charge in [-0.05, 0) is 38.0 Å². The Labute approximate surface area is 239 Å². The van der Waals surface area contributed by atoms with E-state index in [1.165, 1.54) is 21.9 Å². The van der Waals surface area contributed by atoms with Crippen LogP contribution in [0.3, 0.4) is 0 Å². The average molecular weight is 586 g/mol. The van der Waals surface area contributed by atoms with Crippen molar-refractivity contribution in [3.63, 3.8) is 0 Å². The largest absolute Gasteiger partial charge is 0.465 e. The number of nitrogens with zero attached hydrogens (tertiary/aromatic N) is 7. The number of hydrogen-bond acceptors (Lipinski definition) is 7. The molecule has 13 heteroatoms. The lowest BCUT2D eigenvalue weighted by Gasteiger charge is -2.43. The van der Waals surface area contributed by atoms with Gasteiger partial charge < -0.3 is 14.9 Å². The molecule has 10 nitrogen and oxygen atoms in total. The number of aromatic nitrogens is 5. The molecule has 1 aliphatic heterocycles. The van der Waals surface area contributed by atoms with Crippen LogP contribution in [-0.4, -0.2) is 65.8 Å². The van der Waals surface area contributed by atoms with Gasteiger partial charge >= 0.3 is 11.8 Å². The van der Waals surface area contributed by atoms with E-state index in [1.807, 2.05) is 25.7 Å². The number of amides is 1.